The molecule has 1 atom stereocenters. The zero-order valence-corrected chi connectivity index (χ0v) is 33.0. The molecule has 0 aliphatic heterocycles. The largest absolute Gasteiger partial charge is 0.748 e. The van der Waals surface area contributed by atoms with E-state index in [2.05, 4.69) is 57.6 Å². The van der Waals surface area contributed by atoms with Crippen LogP contribution in [-0.4, -0.2) is 41.0 Å². The van der Waals surface area contributed by atoms with Crippen LogP contribution in [0.15, 0.2) is 36.8 Å². The molecule has 0 amide bonds. The van der Waals surface area contributed by atoms with Gasteiger partial charge in [0.2, 0.25) is 0 Å². The zero-order valence-electron chi connectivity index (χ0n) is 32.2. The first-order valence-corrected chi connectivity index (χ1v) is 22.4. The van der Waals surface area contributed by atoms with Crippen molar-refractivity contribution < 1.29 is 22.6 Å². The number of hydrogen-bond acceptors (Lipinski definition) is 4. The molecule has 48 heavy (non-hydrogen) atoms. The van der Waals surface area contributed by atoms with Crippen molar-refractivity contribution in [2.75, 3.05) is 12.3 Å². The van der Waals surface area contributed by atoms with Crippen LogP contribution in [0.1, 0.15) is 213 Å². The summed E-state index contributed by atoms with van der Waals surface area (Å²) in [7, 11) is -4.52. The van der Waals surface area contributed by atoms with Crippen molar-refractivity contribution in [3.05, 3.63) is 36.8 Å². The number of unbranched alkanes of at least 4 members (excludes halogenated alkanes) is 27. The molecule has 0 spiro atoms. The van der Waals surface area contributed by atoms with E-state index >= 15 is 0 Å². The summed E-state index contributed by atoms with van der Waals surface area (Å²) in [6, 6.07) is 0. The molecule has 0 fully saturated rings. The Morgan fingerprint density at radius 1 is 0.479 bits per heavy atom. The molecule has 0 bridgehead atoms. The van der Waals surface area contributed by atoms with Gasteiger partial charge in [-0.1, -0.05) is 175 Å². The fourth-order valence-corrected chi connectivity index (χ4v) is 7.09. The van der Waals surface area contributed by atoms with Crippen LogP contribution in [0.5, 0.6) is 0 Å². The van der Waals surface area contributed by atoms with Crippen LogP contribution in [0.3, 0.4) is 0 Å². The molecule has 0 aromatic carbocycles. The van der Waals surface area contributed by atoms with Gasteiger partial charge in [0, 0.05) is 0 Å². The molecule has 0 rings (SSSR count). The summed E-state index contributed by atoms with van der Waals surface area (Å²) in [6.45, 7) is 6.93. The number of allylic oxidation sites excluding steroid dienone is 3. The molecule has 284 valence electrons. The molecule has 6 heteroatoms. The molecule has 0 aromatic rings. The Morgan fingerprint density at radius 2 is 0.729 bits per heavy atom. The molecule has 1 N–H and O–H groups in total. The number of quaternary nitrogens is 1. The molecule has 0 aromatic heterocycles. The van der Waals surface area contributed by atoms with Crippen molar-refractivity contribution in [2.24, 2.45) is 0 Å². The monoisotopic (exact) mass is 696 g/mol. The van der Waals surface area contributed by atoms with E-state index in [1.54, 1.807) is 0 Å². The summed E-state index contributed by atoms with van der Waals surface area (Å²) in [5.74, 6) is -0.753. The molecule has 0 radical (unpaired) electrons. The smallest absolute Gasteiger partial charge is 0.119 e. The van der Waals surface area contributed by atoms with Gasteiger partial charge in [-0.15, -0.1) is 0 Å². The third-order valence-electron chi connectivity index (χ3n) is 9.50. The van der Waals surface area contributed by atoms with Crippen LogP contribution >= 0.6 is 0 Å². The lowest BCUT2D eigenvalue weighted by Crippen LogP contribution is -2.41. The number of rotatable bonds is 37. The van der Waals surface area contributed by atoms with Crippen LogP contribution < -0.4 is 0 Å². The molecule has 0 saturated heterocycles. The summed E-state index contributed by atoms with van der Waals surface area (Å²) in [4.78, 5) is 0. The minimum atomic E-state index is -4.52. The highest BCUT2D eigenvalue weighted by Gasteiger charge is 2.25. The number of nitrogens with zero attached hydrogens (tertiary/aromatic N) is 1. The van der Waals surface area contributed by atoms with Gasteiger partial charge in [0.05, 0.1) is 15.9 Å². The standard InChI is InChI=1S/C42H81NO4S/c1-4-7-10-13-16-19-22-25-28-31-34-37-43(40-42(44)41-48(45,46)47,38-35-32-29-26-23-20-17-14-11-8-5-2)39-36-33-30-27-24-21-18-15-12-9-6-3/h34-39,42,44H,4-33,40-41H2,1-3H3/b37-34+,38-35+,39-36+. The Labute approximate surface area is 300 Å². The fraction of sp³-hybridized carbons (Fsp3) is 0.857. The van der Waals surface area contributed by atoms with E-state index in [9.17, 15) is 18.1 Å². The highest BCUT2D eigenvalue weighted by molar-refractivity contribution is 7.85. The first-order valence-electron chi connectivity index (χ1n) is 20.8. The molecule has 1 unspecified atom stereocenters. The Balaban J connectivity index is 5.25. The second kappa shape index (κ2) is 34.5. The zero-order chi connectivity index (χ0) is 35.4. The van der Waals surface area contributed by atoms with Gasteiger partial charge in [-0.25, -0.2) is 12.9 Å². The van der Waals surface area contributed by atoms with Crippen molar-refractivity contribution >= 4 is 10.1 Å². The van der Waals surface area contributed by atoms with Crippen LogP contribution in [0.25, 0.3) is 0 Å². The quantitative estimate of drug-likeness (QED) is 0.0399. The van der Waals surface area contributed by atoms with Gasteiger partial charge in [-0.2, -0.15) is 0 Å². The lowest BCUT2D eigenvalue weighted by atomic mass is 10.1. The molecule has 0 aliphatic rings. The highest BCUT2D eigenvalue weighted by Crippen LogP contribution is 2.19. The van der Waals surface area contributed by atoms with Crippen LogP contribution in [0, 0.1) is 0 Å². The summed E-state index contributed by atoms with van der Waals surface area (Å²) < 4.78 is 34.8. The highest BCUT2D eigenvalue weighted by atomic mass is 32.2. The van der Waals surface area contributed by atoms with E-state index in [4.69, 9.17) is 0 Å². The predicted octanol–water partition coefficient (Wildman–Crippen LogP) is 13.0. The van der Waals surface area contributed by atoms with Gasteiger partial charge >= 0.3 is 0 Å². The lowest BCUT2D eigenvalue weighted by Gasteiger charge is -2.29. The summed E-state index contributed by atoms with van der Waals surface area (Å²) in [5.41, 5.74) is 0. The maximum atomic E-state index is 11.5. The van der Waals surface area contributed by atoms with Crippen LogP contribution in [-0.2, 0) is 10.1 Å². The maximum Gasteiger partial charge on any atom is 0.119 e. The van der Waals surface area contributed by atoms with Crippen molar-refractivity contribution in [1.29, 1.82) is 0 Å². The van der Waals surface area contributed by atoms with E-state index in [-0.39, 0.29) is 11.0 Å². The second-order valence-electron chi connectivity index (χ2n) is 14.6. The average molecular weight is 696 g/mol. The van der Waals surface area contributed by atoms with Crippen molar-refractivity contribution in [3.63, 3.8) is 0 Å². The van der Waals surface area contributed by atoms with Gasteiger partial charge in [-0.3, -0.25) is 0 Å². The fourth-order valence-electron chi connectivity index (χ4n) is 6.52. The van der Waals surface area contributed by atoms with E-state index < -0.39 is 22.0 Å². The van der Waals surface area contributed by atoms with E-state index in [1.807, 2.05) is 0 Å². The van der Waals surface area contributed by atoms with Gasteiger partial charge in [0.1, 0.15) is 31.2 Å². The van der Waals surface area contributed by atoms with Gasteiger partial charge < -0.3 is 9.66 Å². The Bertz CT molecular complexity index is 788. The second-order valence-corrected chi connectivity index (χ2v) is 16.0. The number of aliphatic hydroxyl groups is 1. The van der Waals surface area contributed by atoms with E-state index in [0.29, 0.717) is 0 Å². The summed E-state index contributed by atoms with van der Waals surface area (Å²) in [6.07, 6.45) is 49.5. The molecule has 0 heterocycles. The minimum absolute atomic E-state index is 0.151. The third kappa shape index (κ3) is 33.5. The van der Waals surface area contributed by atoms with Crippen LogP contribution in [0.4, 0.5) is 0 Å². The molecular weight excluding hydrogens is 615 g/mol. The van der Waals surface area contributed by atoms with Crippen molar-refractivity contribution in [3.8, 4) is 0 Å². The molecular formula is C42H81NO4S. The van der Waals surface area contributed by atoms with E-state index in [0.717, 1.165) is 38.5 Å². The van der Waals surface area contributed by atoms with E-state index in [1.165, 1.54) is 154 Å². The molecule has 0 aliphatic carbocycles. The minimum Gasteiger partial charge on any atom is -0.748 e. The summed E-state index contributed by atoms with van der Waals surface area (Å²) in [5, 5.41) is 10.8. The number of hydrogen-bond donors (Lipinski definition) is 1. The number of aliphatic hydroxyl groups excluding tert-OH is 1. The molecule has 5 nitrogen and oxygen atoms in total. The molecule has 0 saturated carbocycles. The first-order chi connectivity index (χ1) is 23.3. The Morgan fingerprint density at radius 3 is 0.979 bits per heavy atom. The van der Waals surface area contributed by atoms with Gasteiger partial charge in [0.15, 0.2) is 0 Å². The predicted molar refractivity (Wildman–Crippen MR) is 209 cm³/mol. The lowest BCUT2D eigenvalue weighted by molar-refractivity contribution is -0.777. The SMILES string of the molecule is CCCCCCCCCCC/C=C/[N+](/C=C/CCCCCCCCCCC)(/C=C/CCCCCCCCCCC)CC(O)CS(=O)(=O)[O-]. The Kier molecular flexibility index (Phi) is 33.8. The average Bonchev–Trinajstić information content (AvgIpc) is 3.04. The van der Waals surface area contributed by atoms with Crippen LogP contribution in [0.2, 0.25) is 0 Å². The first kappa shape index (κ1) is 47.0. The summed E-state index contributed by atoms with van der Waals surface area (Å²) >= 11 is 0. The topological polar surface area (TPSA) is 77.4 Å². The van der Waals surface area contributed by atoms with Gasteiger partial charge in [-0.05, 0) is 56.8 Å². The Hall–Kier alpha value is -0.950. The van der Waals surface area contributed by atoms with Crippen molar-refractivity contribution in [2.45, 2.75) is 219 Å². The third-order valence-corrected chi connectivity index (χ3v) is 10.3. The van der Waals surface area contributed by atoms with Gasteiger partial charge in [0.25, 0.3) is 0 Å². The maximum absolute atomic E-state index is 11.5. The van der Waals surface area contributed by atoms with Crippen molar-refractivity contribution in [1.82, 2.24) is 0 Å². The normalized spacial score (nSPS) is 13.5.